The third kappa shape index (κ3) is 4.27. The molecule has 0 aliphatic carbocycles. The summed E-state index contributed by atoms with van der Waals surface area (Å²) in [6, 6.07) is 0.883. The van der Waals surface area contributed by atoms with E-state index in [1.54, 1.807) is 0 Å². The normalized spacial score (nSPS) is 14.4. The molecule has 1 aromatic carbocycles. The minimum atomic E-state index is -5.11. The van der Waals surface area contributed by atoms with Gasteiger partial charge in [-0.15, -0.1) is 0 Å². The van der Waals surface area contributed by atoms with Crippen molar-refractivity contribution in [3.05, 3.63) is 29.6 Å². The maximum Gasteiger partial charge on any atom is 0.417 e. The number of hydrogen-bond acceptors (Lipinski definition) is 4. The molecule has 1 rings (SSSR count). The maximum atomic E-state index is 12.8. The van der Waals surface area contributed by atoms with Gasteiger partial charge in [-0.25, -0.2) is 4.39 Å². The summed E-state index contributed by atoms with van der Waals surface area (Å²) in [4.78, 5) is 7.10. The van der Waals surface area contributed by atoms with E-state index in [4.69, 9.17) is 4.89 Å². The first-order chi connectivity index (χ1) is 8.54. The van der Waals surface area contributed by atoms with Crippen LogP contribution in [0.15, 0.2) is 23.1 Å². The molecule has 0 amide bonds. The largest absolute Gasteiger partial charge is 0.417 e. The van der Waals surface area contributed by atoms with Crippen molar-refractivity contribution in [2.75, 3.05) is 6.35 Å². The summed E-state index contributed by atoms with van der Waals surface area (Å²) in [5.41, 5.74) is -1.75. The standard InChI is InChI=1S/C8H7F4O5PS/c9-5-1-2-7(6(3-5)8(10,11)12)19(15,16)17-4-18(13)14/h1-3,18H,4H2,(H,13,14). The highest BCUT2D eigenvalue weighted by molar-refractivity contribution is 7.87. The molecule has 0 bridgehead atoms. The molecule has 0 aliphatic heterocycles. The summed E-state index contributed by atoms with van der Waals surface area (Å²) in [7, 11) is -8.24. The van der Waals surface area contributed by atoms with E-state index in [1.807, 2.05) is 0 Å². The molecular formula is C8H7F4O5PS. The minimum Gasteiger partial charge on any atom is -0.345 e. The van der Waals surface area contributed by atoms with Crippen molar-refractivity contribution >= 4 is 18.1 Å². The number of hydrogen-bond donors (Lipinski definition) is 1. The van der Waals surface area contributed by atoms with Crippen molar-refractivity contribution in [3.8, 4) is 0 Å². The summed E-state index contributed by atoms with van der Waals surface area (Å²) in [5, 5.41) is 0. The van der Waals surface area contributed by atoms with Crippen molar-refractivity contribution in [1.29, 1.82) is 0 Å². The van der Waals surface area contributed by atoms with Gasteiger partial charge in [0.05, 0.1) is 5.56 Å². The topological polar surface area (TPSA) is 80.7 Å². The monoisotopic (exact) mass is 322 g/mol. The van der Waals surface area contributed by atoms with Gasteiger partial charge in [0, 0.05) is 0 Å². The summed E-state index contributed by atoms with van der Waals surface area (Å²) >= 11 is 0. The van der Waals surface area contributed by atoms with E-state index in [2.05, 4.69) is 4.18 Å². The SMILES string of the molecule is O=[PH](O)COS(=O)(=O)c1ccc(F)cc1C(F)(F)F. The molecule has 5 nitrogen and oxygen atoms in total. The highest BCUT2D eigenvalue weighted by atomic mass is 32.2. The van der Waals surface area contributed by atoms with Crippen LogP contribution in [0.3, 0.4) is 0 Å². The first kappa shape index (κ1) is 16.1. The Morgan fingerprint density at radius 1 is 1.32 bits per heavy atom. The molecule has 108 valence electrons. The zero-order chi connectivity index (χ0) is 14.8. The highest BCUT2D eigenvalue weighted by Crippen LogP contribution is 2.35. The number of alkyl halides is 3. The van der Waals surface area contributed by atoms with Crippen LogP contribution in [0.2, 0.25) is 0 Å². The average Bonchev–Trinajstić information content (AvgIpc) is 2.25. The van der Waals surface area contributed by atoms with Crippen LogP contribution < -0.4 is 0 Å². The van der Waals surface area contributed by atoms with E-state index in [1.165, 1.54) is 0 Å². The Hall–Kier alpha value is -0.960. The lowest BCUT2D eigenvalue weighted by molar-refractivity contribution is -0.140. The third-order valence-corrected chi connectivity index (χ3v) is 3.78. The van der Waals surface area contributed by atoms with Gasteiger partial charge >= 0.3 is 6.18 Å². The predicted octanol–water partition coefficient (Wildman–Crippen LogP) is 1.97. The van der Waals surface area contributed by atoms with Gasteiger partial charge in [-0.05, 0) is 18.2 Å². The Labute approximate surface area is 105 Å². The second-order valence-electron chi connectivity index (χ2n) is 3.25. The quantitative estimate of drug-likeness (QED) is 0.521. The highest BCUT2D eigenvalue weighted by Gasteiger charge is 2.38. The molecule has 0 aliphatic rings. The summed E-state index contributed by atoms with van der Waals surface area (Å²) in [5.74, 6) is -1.28. The third-order valence-electron chi connectivity index (χ3n) is 1.85. The van der Waals surface area contributed by atoms with Crippen LogP contribution >= 0.6 is 8.03 Å². The Balaban J connectivity index is 3.31. The molecule has 0 fully saturated rings. The average molecular weight is 322 g/mol. The zero-order valence-electron chi connectivity index (χ0n) is 8.94. The Morgan fingerprint density at radius 3 is 2.37 bits per heavy atom. The fourth-order valence-electron chi connectivity index (χ4n) is 1.13. The Bertz CT molecular complexity index is 598. The van der Waals surface area contributed by atoms with E-state index in [9.17, 15) is 30.5 Å². The molecule has 1 atom stereocenters. The summed E-state index contributed by atoms with van der Waals surface area (Å²) in [6.45, 7) is 0. The molecule has 0 radical (unpaired) electrons. The Kier molecular flexibility index (Phi) is 4.72. The van der Waals surface area contributed by atoms with Crippen molar-refractivity contribution < 1.29 is 39.6 Å². The second kappa shape index (κ2) is 5.58. The van der Waals surface area contributed by atoms with E-state index >= 15 is 0 Å². The van der Waals surface area contributed by atoms with Gasteiger partial charge in [-0.1, -0.05) is 0 Å². The maximum absolute atomic E-state index is 12.8. The van der Waals surface area contributed by atoms with Crippen molar-refractivity contribution in [1.82, 2.24) is 0 Å². The molecule has 0 aromatic heterocycles. The summed E-state index contributed by atoms with van der Waals surface area (Å²) < 4.78 is 87.6. The zero-order valence-corrected chi connectivity index (χ0v) is 10.8. The van der Waals surface area contributed by atoms with Crippen molar-refractivity contribution in [3.63, 3.8) is 0 Å². The molecule has 0 saturated carbocycles. The van der Waals surface area contributed by atoms with Gasteiger partial charge < -0.3 is 4.89 Å². The minimum absolute atomic E-state index is 0.00174. The van der Waals surface area contributed by atoms with E-state index in [0.717, 1.165) is 0 Å². The lowest BCUT2D eigenvalue weighted by Crippen LogP contribution is -2.15. The molecule has 0 heterocycles. The second-order valence-corrected chi connectivity index (χ2v) is 5.91. The van der Waals surface area contributed by atoms with Crippen LogP contribution in [-0.2, 0) is 25.0 Å². The number of halogens is 4. The lowest BCUT2D eigenvalue weighted by Gasteiger charge is -2.12. The molecule has 0 spiro atoms. The van der Waals surface area contributed by atoms with Gasteiger partial charge in [0.2, 0.25) is 8.03 Å². The molecule has 11 heteroatoms. The number of benzene rings is 1. The summed E-state index contributed by atoms with van der Waals surface area (Å²) in [6.07, 6.45) is -6.26. The van der Waals surface area contributed by atoms with Gasteiger partial charge in [-0.2, -0.15) is 21.6 Å². The van der Waals surface area contributed by atoms with E-state index in [0.29, 0.717) is 12.1 Å². The molecular weight excluding hydrogens is 315 g/mol. The fourth-order valence-corrected chi connectivity index (χ4v) is 2.96. The first-order valence-electron chi connectivity index (χ1n) is 4.52. The van der Waals surface area contributed by atoms with E-state index in [-0.39, 0.29) is 6.07 Å². The fraction of sp³-hybridized carbons (Fsp3) is 0.250. The first-order valence-corrected chi connectivity index (χ1v) is 7.49. The predicted molar refractivity (Wildman–Crippen MR) is 55.8 cm³/mol. The molecule has 1 unspecified atom stereocenters. The van der Waals surface area contributed by atoms with Gasteiger partial charge in [0.25, 0.3) is 10.1 Å². The van der Waals surface area contributed by atoms with Crippen molar-refractivity contribution in [2.24, 2.45) is 0 Å². The molecule has 19 heavy (non-hydrogen) atoms. The van der Waals surface area contributed by atoms with Crippen LogP contribution in [0.4, 0.5) is 17.6 Å². The van der Waals surface area contributed by atoms with Gasteiger partial charge in [0.1, 0.15) is 17.1 Å². The van der Waals surface area contributed by atoms with E-state index < -0.39 is 46.9 Å². The van der Waals surface area contributed by atoms with Crippen molar-refractivity contribution in [2.45, 2.75) is 11.1 Å². The van der Waals surface area contributed by atoms with Crippen LogP contribution in [0.1, 0.15) is 5.56 Å². The molecule has 0 saturated heterocycles. The van der Waals surface area contributed by atoms with Crippen LogP contribution in [0, 0.1) is 5.82 Å². The van der Waals surface area contributed by atoms with Crippen LogP contribution in [0.5, 0.6) is 0 Å². The van der Waals surface area contributed by atoms with Crippen LogP contribution in [-0.4, -0.2) is 19.7 Å². The molecule has 1 N–H and O–H groups in total. The smallest absolute Gasteiger partial charge is 0.345 e. The Morgan fingerprint density at radius 2 is 1.89 bits per heavy atom. The van der Waals surface area contributed by atoms with Gasteiger partial charge in [0.15, 0.2) is 0 Å². The number of rotatable bonds is 4. The van der Waals surface area contributed by atoms with Crippen LogP contribution in [0.25, 0.3) is 0 Å². The lowest BCUT2D eigenvalue weighted by atomic mass is 10.2. The molecule has 1 aromatic rings. The van der Waals surface area contributed by atoms with Gasteiger partial charge in [-0.3, -0.25) is 8.75 Å².